The number of carboxylic acids is 1. The van der Waals surface area contributed by atoms with Crippen LogP contribution in [-0.4, -0.2) is 33.6 Å². The van der Waals surface area contributed by atoms with Crippen molar-refractivity contribution in [1.82, 2.24) is 9.97 Å². The summed E-state index contributed by atoms with van der Waals surface area (Å²) in [7, 11) is 0. The fourth-order valence-electron chi connectivity index (χ4n) is 2.28. The summed E-state index contributed by atoms with van der Waals surface area (Å²) < 4.78 is 14.1. The molecule has 5 nitrogen and oxygen atoms in total. The summed E-state index contributed by atoms with van der Waals surface area (Å²) in [6.07, 6.45) is 3.99. The van der Waals surface area contributed by atoms with Gasteiger partial charge in [-0.2, -0.15) is 0 Å². The van der Waals surface area contributed by atoms with Gasteiger partial charge in [0.25, 0.3) is 0 Å². The first-order valence-corrected chi connectivity index (χ1v) is 6.14. The largest absolute Gasteiger partial charge is 0.480 e. The minimum absolute atomic E-state index is 0.119. The van der Waals surface area contributed by atoms with Crippen molar-refractivity contribution in [1.29, 1.82) is 0 Å². The Labute approximate surface area is 105 Å². The number of rotatable bonds is 3. The summed E-state index contributed by atoms with van der Waals surface area (Å²) in [6, 6.07) is -0.687. The Balaban J connectivity index is 2.36. The molecule has 18 heavy (non-hydrogen) atoms. The Morgan fingerprint density at radius 3 is 3.00 bits per heavy atom. The Bertz CT molecular complexity index is 453. The van der Waals surface area contributed by atoms with Crippen molar-refractivity contribution in [3.8, 4) is 0 Å². The standard InChI is InChI=1S/C12H16FN3O2/c1-2-8-10(13)11(15-7-14-8)16-6-4-3-5-9(16)12(17)18/h7,9H,2-6H2,1H3,(H,17,18). The molecule has 0 bridgehead atoms. The molecule has 0 aliphatic carbocycles. The maximum Gasteiger partial charge on any atom is 0.326 e. The van der Waals surface area contributed by atoms with E-state index in [1.807, 2.05) is 0 Å². The summed E-state index contributed by atoms with van der Waals surface area (Å²) in [5.41, 5.74) is 0.328. The zero-order valence-corrected chi connectivity index (χ0v) is 10.3. The number of aliphatic carboxylic acids is 1. The average molecular weight is 253 g/mol. The third-order valence-electron chi connectivity index (χ3n) is 3.24. The lowest BCUT2D eigenvalue weighted by Crippen LogP contribution is -2.45. The number of aryl methyl sites for hydroxylation is 1. The van der Waals surface area contributed by atoms with E-state index in [2.05, 4.69) is 9.97 Å². The van der Waals surface area contributed by atoms with E-state index in [9.17, 15) is 14.3 Å². The number of aromatic nitrogens is 2. The molecular weight excluding hydrogens is 237 g/mol. The highest BCUT2D eigenvalue weighted by Crippen LogP contribution is 2.26. The van der Waals surface area contributed by atoms with Gasteiger partial charge in [-0.1, -0.05) is 6.92 Å². The predicted octanol–water partition coefficient (Wildman–Crippen LogP) is 1.62. The van der Waals surface area contributed by atoms with E-state index in [1.165, 1.54) is 6.33 Å². The first kappa shape index (κ1) is 12.7. The van der Waals surface area contributed by atoms with Crippen LogP contribution in [0.15, 0.2) is 6.33 Å². The zero-order chi connectivity index (χ0) is 13.1. The van der Waals surface area contributed by atoms with Gasteiger partial charge in [-0.25, -0.2) is 19.2 Å². The number of halogens is 1. The van der Waals surface area contributed by atoms with E-state index in [4.69, 9.17) is 0 Å². The monoisotopic (exact) mass is 253 g/mol. The highest BCUT2D eigenvalue weighted by molar-refractivity contribution is 5.78. The van der Waals surface area contributed by atoms with Crippen LogP contribution < -0.4 is 4.90 Å². The van der Waals surface area contributed by atoms with Crippen molar-refractivity contribution in [2.45, 2.75) is 38.6 Å². The summed E-state index contributed by atoms with van der Waals surface area (Å²) in [5.74, 6) is -1.30. The second kappa shape index (κ2) is 5.29. The quantitative estimate of drug-likeness (QED) is 0.886. The topological polar surface area (TPSA) is 66.3 Å². The van der Waals surface area contributed by atoms with Gasteiger partial charge in [0.2, 0.25) is 0 Å². The molecule has 0 aromatic carbocycles. The molecule has 0 spiro atoms. The van der Waals surface area contributed by atoms with Gasteiger partial charge >= 0.3 is 5.97 Å². The van der Waals surface area contributed by atoms with Gasteiger partial charge in [-0.15, -0.1) is 0 Å². The molecule has 1 fully saturated rings. The van der Waals surface area contributed by atoms with E-state index in [0.717, 1.165) is 12.8 Å². The molecule has 1 aliphatic rings. The van der Waals surface area contributed by atoms with Crippen molar-refractivity contribution < 1.29 is 14.3 Å². The molecule has 1 aromatic rings. The summed E-state index contributed by atoms with van der Waals surface area (Å²) in [4.78, 5) is 20.5. The van der Waals surface area contributed by atoms with Crippen LogP contribution in [0.2, 0.25) is 0 Å². The van der Waals surface area contributed by atoms with Gasteiger partial charge in [0.05, 0.1) is 5.69 Å². The van der Waals surface area contributed by atoms with Crippen LogP contribution in [0.5, 0.6) is 0 Å². The molecule has 1 atom stereocenters. The molecule has 1 aromatic heterocycles. The number of nitrogens with zero attached hydrogens (tertiary/aromatic N) is 3. The highest BCUT2D eigenvalue weighted by atomic mass is 19.1. The van der Waals surface area contributed by atoms with E-state index in [1.54, 1.807) is 11.8 Å². The third kappa shape index (κ3) is 2.27. The van der Waals surface area contributed by atoms with Crippen molar-refractivity contribution in [2.24, 2.45) is 0 Å². The normalized spacial score (nSPS) is 19.9. The molecule has 1 N–H and O–H groups in total. The van der Waals surface area contributed by atoms with E-state index < -0.39 is 17.8 Å². The van der Waals surface area contributed by atoms with Crippen molar-refractivity contribution in [3.63, 3.8) is 0 Å². The third-order valence-corrected chi connectivity index (χ3v) is 3.24. The first-order valence-electron chi connectivity index (χ1n) is 6.14. The molecule has 0 saturated carbocycles. The van der Waals surface area contributed by atoms with Gasteiger partial charge in [0, 0.05) is 6.54 Å². The second-order valence-electron chi connectivity index (χ2n) is 4.35. The molecular formula is C12H16FN3O2. The van der Waals surface area contributed by atoms with Crippen molar-refractivity contribution in [2.75, 3.05) is 11.4 Å². The minimum atomic E-state index is -0.925. The highest BCUT2D eigenvalue weighted by Gasteiger charge is 2.31. The van der Waals surface area contributed by atoms with Crippen LogP contribution in [0.25, 0.3) is 0 Å². The number of carboxylic acid groups (broad SMARTS) is 1. The van der Waals surface area contributed by atoms with Gasteiger partial charge in [0.1, 0.15) is 12.4 Å². The van der Waals surface area contributed by atoms with Crippen molar-refractivity contribution >= 4 is 11.8 Å². The fourth-order valence-corrected chi connectivity index (χ4v) is 2.28. The number of anilines is 1. The summed E-state index contributed by atoms with van der Waals surface area (Å²) in [6.45, 7) is 2.33. The SMILES string of the molecule is CCc1ncnc(N2CCCCC2C(=O)O)c1F. The number of hydrogen-bond donors (Lipinski definition) is 1. The second-order valence-corrected chi connectivity index (χ2v) is 4.35. The van der Waals surface area contributed by atoms with Gasteiger partial charge in [-0.3, -0.25) is 0 Å². The van der Waals surface area contributed by atoms with E-state index in [0.29, 0.717) is 25.1 Å². The van der Waals surface area contributed by atoms with Crippen LogP contribution in [0.3, 0.4) is 0 Å². The van der Waals surface area contributed by atoms with E-state index >= 15 is 0 Å². The Kier molecular flexibility index (Phi) is 3.74. The minimum Gasteiger partial charge on any atom is -0.480 e. The smallest absolute Gasteiger partial charge is 0.326 e. The zero-order valence-electron chi connectivity index (χ0n) is 10.3. The molecule has 2 heterocycles. The molecule has 0 radical (unpaired) electrons. The van der Waals surface area contributed by atoms with Crippen LogP contribution in [0, 0.1) is 5.82 Å². The predicted molar refractivity (Wildman–Crippen MR) is 64.0 cm³/mol. The average Bonchev–Trinajstić information content (AvgIpc) is 2.39. The molecule has 0 amide bonds. The van der Waals surface area contributed by atoms with Crippen LogP contribution in [-0.2, 0) is 11.2 Å². The molecule has 1 unspecified atom stereocenters. The summed E-state index contributed by atoms with van der Waals surface area (Å²) in [5, 5.41) is 9.18. The van der Waals surface area contributed by atoms with Gasteiger partial charge in [0.15, 0.2) is 11.6 Å². The van der Waals surface area contributed by atoms with Gasteiger partial charge in [-0.05, 0) is 25.7 Å². The number of carbonyl (C=O) groups is 1. The maximum absolute atomic E-state index is 14.1. The molecule has 1 saturated heterocycles. The lowest BCUT2D eigenvalue weighted by molar-refractivity contribution is -0.139. The Hall–Kier alpha value is -1.72. The lowest BCUT2D eigenvalue weighted by Gasteiger charge is -2.34. The first-order chi connectivity index (χ1) is 8.65. The molecule has 98 valence electrons. The van der Waals surface area contributed by atoms with Crippen LogP contribution in [0.1, 0.15) is 31.9 Å². The lowest BCUT2D eigenvalue weighted by atomic mass is 10.0. The van der Waals surface area contributed by atoms with Gasteiger partial charge < -0.3 is 10.0 Å². The maximum atomic E-state index is 14.1. The fraction of sp³-hybridized carbons (Fsp3) is 0.583. The van der Waals surface area contributed by atoms with Crippen LogP contribution in [0.4, 0.5) is 10.2 Å². The Morgan fingerprint density at radius 1 is 1.56 bits per heavy atom. The molecule has 6 heteroatoms. The number of hydrogen-bond acceptors (Lipinski definition) is 4. The summed E-state index contributed by atoms with van der Waals surface area (Å²) >= 11 is 0. The number of piperidine rings is 1. The molecule has 2 rings (SSSR count). The Morgan fingerprint density at radius 2 is 2.33 bits per heavy atom. The van der Waals surface area contributed by atoms with E-state index in [-0.39, 0.29) is 5.82 Å². The van der Waals surface area contributed by atoms with Crippen molar-refractivity contribution in [3.05, 3.63) is 17.8 Å². The molecule has 1 aliphatic heterocycles. The van der Waals surface area contributed by atoms with Crippen LogP contribution >= 0.6 is 0 Å².